The number of amides is 1. The number of hydrogen-bond donors (Lipinski definition) is 2. The number of hydrazone groups is 1. The van der Waals surface area contributed by atoms with Crippen molar-refractivity contribution in [3.05, 3.63) is 36.2 Å². The first kappa shape index (κ1) is 12.1. The number of nitrogens with zero attached hydrogens (tertiary/aromatic N) is 3. The number of carbonyl (C=O) groups excluding carboxylic acids is 1. The molecule has 0 aliphatic rings. The average Bonchev–Trinajstić information content (AvgIpc) is 2.38. The first-order chi connectivity index (χ1) is 8.66. The fourth-order valence-corrected chi connectivity index (χ4v) is 1.34. The van der Waals surface area contributed by atoms with Gasteiger partial charge in [0.25, 0.3) is 5.91 Å². The van der Waals surface area contributed by atoms with Gasteiger partial charge >= 0.3 is 0 Å². The number of carbonyl (C=O) groups is 1. The van der Waals surface area contributed by atoms with Crippen LogP contribution in [-0.4, -0.2) is 28.1 Å². The Balaban J connectivity index is 2.12. The molecular weight excluding hydrogens is 230 g/mol. The highest BCUT2D eigenvalue weighted by molar-refractivity contribution is 5.88. The third-order valence-corrected chi connectivity index (χ3v) is 2.33. The van der Waals surface area contributed by atoms with Crippen LogP contribution >= 0.6 is 0 Å². The molecule has 0 aliphatic carbocycles. The van der Waals surface area contributed by atoms with Crippen LogP contribution in [0.2, 0.25) is 0 Å². The van der Waals surface area contributed by atoms with Gasteiger partial charge in [0, 0.05) is 12.4 Å². The van der Waals surface area contributed by atoms with E-state index >= 15 is 0 Å². The monoisotopic (exact) mass is 244 g/mol. The summed E-state index contributed by atoms with van der Waals surface area (Å²) in [6, 6.07) is 5.24. The summed E-state index contributed by atoms with van der Waals surface area (Å²) >= 11 is 0. The van der Waals surface area contributed by atoms with E-state index in [9.17, 15) is 4.79 Å². The molecule has 0 saturated heterocycles. The molecule has 0 aliphatic heterocycles. The molecule has 4 N–H and O–H groups in total. The molecule has 0 radical (unpaired) electrons. The molecular formula is C12H14N5O+. The number of hydrogen-bond acceptors (Lipinski definition) is 4. The second kappa shape index (κ2) is 5.33. The fraction of sp³-hybridized carbons (Fsp3) is 0.167. The van der Waals surface area contributed by atoms with Crippen molar-refractivity contribution in [2.24, 2.45) is 5.10 Å². The molecule has 18 heavy (non-hydrogen) atoms. The third-order valence-electron chi connectivity index (χ3n) is 2.33. The van der Waals surface area contributed by atoms with Gasteiger partial charge in [-0.2, -0.15) is 5.10 Å². The summed E-state index contributed by atoms with van der Waals surface area (Å²) in [5, 5.41) is 3.86. The molecule has 6 nitrogen and oxygen atoms in total. The number of rotatable bonds is 3. The molecule has 2 rings (SSSR count). The van der Waals surface area contributed by atoms with Gasteiger partial charge in [-0.05, 0) is 24.6 Å². The van der Waals surface area contributed by atoms with E-state index in [0.717, 1.165) is 16.6 Å². The lowest BCUT2D eigenvalue weighted by atomic mass is 10.2. The van der Waals surface area contributed by atoms with E-state index in [0.29, 0.717) is 0 Å². The van der Waals surface area contributed by atoms with E-state index in [1.807, 2.05) is 18.2 Å². The van der Waals surface area contributed by atoms with Crippen molar-refractivity contribution in [2.45, 2.75) is 13.0 Å². The molecule has 2 aromatic rings. The maximum atomic E-state index is 11.2. The van der Waals surface area contributed by atoms with Crippen molar-refractivity contribution in [2.75, 3.05) is 0 Å². The van der Waals surface area contributed by atoms with Crippen LogP contribution in [0.3, 0.4) is 0 Å². The molecule has 0 fully saturated rings. The lowest BCUT2D eigenvalue weighted by Crippen LogP contribution is -2.65. The Kier molecular flexibility index (Phi) is 3.59. The second-order valence-corrected chi connectivity index (χ2v) is 3.94. The van der Waals surface area contributed by atoms with Crippen molar-refractivity contribution < 1.29 is 10.5 Å². The molecule has 0 bridgehead atoms. The van der Waals surface area contributed by atoms with E-state index in [2.05, 4.69) is 26.2 Å². The number of fused-ring (bicyclic) bond motifs is 1. The molecule has 6 heteroatoms. The maximum absolute atomic E-state index is 11.2. The van der Waals surface area contributed by atoms with Crippen molar-refractivity contribution in [3.63, 3.8) is 0 Å². The predicted octanol–water partition coefficient (Wildman–Crippen LogP) is -0.290. The molecule has 1 amide bonds. The van der Waals surface area contributed by atoms with Crippen molar-refractivity contribution in [1.82, 2.24) is 15.4 Å². The van der Waals surface area contributed by atoms with Crippen LogP contribution in [0.25, 0.3) is 11.0 Å². The summed E-state index contributed by atoms with van der Waals surface area (Å²) in [7, 11) is 0. The molecule has 0 spiro atoms. The second-order valence-electron chi connectivity index (χ2n) is 3.94. The van der Waals surface area contributed by atoms with E-state index < -0.39 is 0 Å². The van der Waals surface area contributed by atoms with Gasteiger partial charge in [0.2, 0.25) is 0 Å². The van der Waals surface area contributed by atoms with E-state index in [1.54, 1.807) is 25.5 Å². The fourth-order valence-electron chi connectivity index (χ4n) is 1.34. The van der Waals surface area contributed by atoms with Crippen molar-refractivity contribution >= 4 is 23.2 Å². The average molecular weight is 244 g/mol. The quantitative estimate of drug-likeness (QED) is 0.573. The largest absolute Gasteiger partial charge is 0.348 e. The zero-order valence-corrected chi connectivity index (χ0v) is 10.00. The number of quaternary nitrogens is 1. The summed E-state index contributed by atoms with van der Waals surface area (Å²) in [4.78, 5) is 19.6. The van der Waals surface area contributed by atoms with Crippen LogP contribution < -0.4 is 11.2 Å². The van der Waals surface area contributed by atoms with Crippen LogP contribution in [0.5, 0.6) is 0 Å². The van der Waals surface area contributed by atoms with Gasteiger partial charge in [0.05, 0.1) is 17.2 Å². The summed E-state index contributed by atoms with van der Waals surface area (Å²) in [5.41, 5.74) is 8.47. The zero-order chi connectivity index (χ0) is 13.0. The van der Waals surface area contributed by atoms with Gasteiger partial charge in [-0.1, -0.05) is 6.07 Å². The summed E-state index contributed by atoms with van der Waals surface area (Å²) < 4.78 is 0. The molecule has 1 aromatic heterocycles. The van der Waals surface area contributed by atoms with E-state index in [-0.39, 0.29) is 11.9 Å². The van der Waals surface area contributed by atoms with Crippen molar-refractivity contribution in [1.29, 1.82) is 0 Å². The lowest BCUT2D eigenvalue weighted by molar-refractivity contribution is -0.398. The first-order valence-electron chi connectivity index (χ1n) is 5.53. The standard InChI is InChI=1S/C12H13N5O/c1-8(13)12(18)17-16-7-9-2-3-10-11(6-9)15-5-4-14-10/h2-8H,13H2,1H3,(H,17,18)/p+1/b16-7-/t8-/m0/s1. The summed E-state index contributed by atoms with van der Waals surface area (Å²) in [6.07, 6.45) is 4.84. The summed E-state index contributed by atoms with van der Waals surface area (Å²) in [6.45, 7) is 1.70. The topological polar surface area (TPSA) is 94.9 Å². The molecule has 1 aromatic carbocycles. The normalized spacial score (nSPS) is 12.8. The highest BCUT2D eigenvalue weighted by atomic mass is 16.2. The molecule has 0 unspecified atom stereocenters. The Morgan fingerprint density at radius 2 is 2.11 bits per heavy atom. The molecule has 1 atom stereocenters. The predicted molar refractivity (Wildman–Crippen MR) is 67.6 cm³/mol. The van der Waals surface area contributed by atoms with Gasteiger partial charge < -0.3 is 5.73 Å². The highest BCUT2D eigenvalue weighted by Crippen LogP contribution is 2.08. The van der Waals surface area contributed by atoms with Gasteiger partial charge in [-0.25, -0.2) is 5.43 Å². The minimum atomic E-state index is -0.329. The van der Waals surface area contributed by atoms with Crippen molar-refractivity contribution in [3.8, 4) is 0 Å². The smallest absolute Gasteiger partial charge is 0.297 e. The SMILES string of the molecule is C[C@H]([NH3+])C(=O)N/N=C\c1ccc2nccnc2c1. The van der Waals surface area contributed by atoms with Crippen LogP contribution in [0, 0.1) is 0 Å². The molecule has 92 valence electrons. The Morgan fingerprint density at radius 1 is 1.39 bits per heavy atom. The Hall–Kier alpha value is -2.34. The van der Waals surface area contributed by atoms with Gasteiger partial charge in [0.15, 0.2) is 6.04 Å². The Bertz CT molecular complexity index is 594. The minimum Gasteiger partial charge on any atom is -0.348 e. The van der Waals surface area contributed by atoms with Gasteiger partial charge in [0.1, 0.15) is 0 Å². The molecule has 0 saturated carbocycles. The molecule has 1 heterocycles. The highest BCUT2D eigenvalue weighted by Gasteiger charge is 2.08. The Labute approximate surface area is 104 Å². The van der Waals surface area contributed by atoms with E-state index in [1.165, 1.54) is 0 Å². The Morgan fingerprint density at radius 3 is 2.83 bits per heavy atom. The van der Waals surface area contributed by atoms with Crippen LogP contribution in [0.15, 0.2) is 35.7 Å². The van der Waals surface area contributed by atoms with Gasteiger partial charge in [-0.15, -0.1) is 0 Å². The number of aromatic nitrogens is 2. The maximum Gasteiger partial charge on any atom is 0.297 e. The first-order valence-corrected chi connectivity index (χ1v) is 5.53. The third kappa shape index (κ3) is 2.86. The van der Waals surface area contributed by atoms with Crippen LogP contribution in [-0.2, 0) is 4.79 Å². The van der Waals surface area contributed by atoms with Crippen LogP contribution in [0.4, 0.5) is 0 Å². The van der Waals surface area contributed by atoms with Crippen LogP contribution in [0.1, 0.15) is 12.5 Å². The lowest BCUT2D eigenvalue weighted by Gasteiger charge is -1.99. The van der Waals surface area contributed by atoms with Gasteiger partial charge in [-0.3, -0.25) is 14.8 Å². The summed E-state index contributed by atoms with van der Waals surface area (Å²) in [5.74, 6) is -0.216. The zero-order valence-electron chi connectivity index (χ0n) is 10.00. The van der Waals surface area contributed by atoms with E-state index in [4.69, 9.17) is 0 Å². The minimum absolute atomic E-state index is 0.216. The number of nitrogens with one attached hydrogen (secondary N) is 1. The number of benzene rings is 1.